The van der Waals surface area contributed by atoms with Crippen molar-refractivity contribution in [2.24, 2.45) is 5.92 Å². The molecule has 10 heteroatoms. The van der Waals surface area contributed by atoms with Crippen LogP contribution in [0.3, 0.4) is 0 Å². The van der Waals surface area contributed by atoms with Crippen molar-refractivity contribution in [3.63, 3.8) is 0 Å². The highest BCUT2D eigenvalue weighted by Gasteiger charge is 2.40. The summed E-state index contributed by atoms with van der Waals surface area (Å²) < 4.78 is 5.12. The van der Waals surface area contributed by atoms with Gasteiger partial charge in [-0.3, -0.25) is 24.1 Å². The van der Waals surface area contributed by atoms with Crippen LogP contribution in [-0.2, 0) is 9.53 Å². The Bertz CT molecular complexity index is 1100. The molecule has 5 amide bonds. The van der Waals surface area contributed by atoms with E-state index in [1.54, 1.807) is 43.9 Å². The topological polar surface area (TPSA) is 125 Å². The fourth-order valence-corrected chi connectivity index (χ4v) is 5.37. The van der Waals surface area contributed by atoms with Crippen molar-refractivity contribution in [1.29, 1.82) is 0 Å². The van der Waals surface area contributed by atoms with E-state index in [0.717, 1.165) is 44.9 Å². The number of carbonyl (C=O) groups excluding carboxylic acids is 5. The Hall–Kier alpha value is -3.43. The maximum absolute atomic E-state index is 13.2. The molecule has 3 aliphatic rings. The average Bonchev–Trinajstić information content (AvgIpc) is 3.14. The van der Waals surface area contributed by atoms with E-state index in [0.29, 0.717) is 36.3 Å². The van der Waals surface area contributed by atoms with E-state index in [2.05, 4.69) is 10.6 Å². The molecule has 2 aliphatic heterocycles. The van der Waals surface area contributed by atoms with Gasteiger partial charge in [0.2, 0.25) is 5.91 Å². The van der Waals surface area contributed by atoms with Crippen LogP contribution in [0.4, 0.5) is 4.79 Å². The van der Waals surface area contributed by atoms with Gasteiger partial charge in [0.15, 0.2) is 0 Å². The number of ether oxygens (including phenoxy) is 1. The highest BCUT2D eigenvalue weighted by Crippen LogP contribution is 2.32. The van der Waals surface area contributed by atoms with Crippen molar-refractivity contribution in [2.75, 3.05) is 26.2 Å². The SMILES string of the molecule is CC(C)(C)OC(=O)NCC(=O)NCC1CCN(C(=O)c2ccc3c(c2)C(=O)N(C2CCCCC2)C3=O)CC1. The van der Waals surface area contributed by atoms with Gasteiger partial charge in [0.25, 0.3) is 17.7 Å². The van der Waals surface area contributed by atoms with Crippen LogP contribution in [0.5, 0.6) is 0 Å². The van der Waals surface area contributed by atoms with E-state index in [1.807, 2.05) is 0 Å². The maximum atomic E-state index is 13.2. The normalized spacial score (nSPS) is 18.8. The Morgan fingerprint density at radius 3 is 2.24 bits per heavy atom. The van der Waals surface area contributed by atoms with Crippen molar-refractivity contribution in [2.45, 2.75) is 77.4 Å². The highest BCUT2D eigenvalue weighted by atomic mass is 16.6. The van der Waals surface area contributed by atoms with Gasteiger partial charge in [0.05, 0.1) is 17.7 Å². The standard InChI is InChI=1S/C28H38N4O6/c1-28(2,3)38-27(37)30-17-23(33)29-16-18-11-13-31(14-12-18)24(34)19-9-10-21-22(15-19)26(36)32(25(21)35)20-7-5-4-6-8-20/h9-10,15,18,20H,4-8,11-14,16-17H2,1-3H3,(H,29,33)(H,30,37). The molecule has 2 N–H and O–H groups in total. The Morgan fingerprint density at radius 2 is 1.58 bits per heavy atom. The first-order valence-corrected chi connectivity index (χ1v) is 13.6. The zero-order valence-electron chi connectivity index (χ0n) is 22.5. The summed E-state index contributed by atoms with van der Waals surface area (Å²) in [7, 11) is 0. The van der Waals surface area contributed by atoms with Crippen molar-refractivity contribution in [3.05, 3.63) is 34.9 Å². The minimum Gasteiger partial charge on any atom is -0.444 e. The third-order valence-corrected chi connectivity index (χ3v) is 7.39. The molecule has 1 saturated heterocycles. The third kappa shape index (κ3) is 6.52. The lowest BCUT2D eigenvalue weighted by Gasteiger charge is -2.32. The second-order valence-electron chi connectivity index (χ2n) is 11.4. The van der Waals surface area contributed by atoms with E-state index in [1.165, 1.54) is 4.90 Å². The van der Waals surface area contributed by atoms with Crippen LogP contribution >= 0.6 is 0 Å². The molecule has 1 saturated carbocycles. The van der Waals surface area contributed by atoms with Crippen LogP contribution in [-0.4, -0.2) is 77.3 Å². The molecule has 1 aromatic rings. The number of amides is 5. The van der Waals surface area contributed by atoms with Gasteiger partial charge in [-0.2, -0.15) is 0 Å². The van der Waals surface area contributed by atoms with E-state index in [9.17, 15) is 24.0 Å². The second-order valence-corrected chi connectivity index (χ2v) is 11.4. The van der Waals surface area contributed by atoms with Crippen LogP contribution in [0.15, 0.2) is 18.2 Å². The van der Waals surface area contributed by atoms with Gasteiger partial charge >= 0.3 is 6.09 Å². The quantitative estimate of drug-likeness (QED) is 0.549. The minimum atomic E-state index is -0.640. The molecule has 0 bridgehead atoms. The molecule has 0 spiro atoms. The monoisotopic (exact) mass is 526 g/mol. The Labute approximate surface area is 223 Å². The predicted octanol–water partition coefficient (Wildman–Crippen LogP) is 3.11. The Kier molecular flexibility index (Phi) is 8.38. The van der Waals surface area contributed by atoms with Crippen LogP contribution in [0.25, 0.3) is 0 Å². The third-order valence-electron chi connectivity index (χ3n) is 7.39. The maximum Gasteiger partial charge on any atom is 0.408 e. The number of hydrogen-bond donors (Lipinski definition) is 2. The van der Waals surface area contributed by atoms with E-state index in [-0.39, 0.29) is 42.1 Å². The number of nitrogens with one attached hydrogen (secondary N) is 2. The summed E-state index contributed by atoms with van der Waals surface area (Å²) in [5.41, 5.74) is 0.487. The Balaban J connectivity index is 1.25. The van der Waals surface area contributed by atoms with Gasteiger partial charge in [0.1, 0.15) is 5.60 Å². The molecular formula is C28H38N4O6. The smallest absolute Gasteiger partial charge is 0.408 e. The summed E-state index contributed by atoms with van der Waals surface area (Å²) in [4.78, 5) is 66.1. The van der Waals surface area contributed by atoms with Gasteiger partial charge in [-0.05, 0) is 70.6 Å². The van der Waals surface area contributed by atoms with Gasteiger partial charge in [0, 0.05) is 31.2 Å². The van der Waals surface area contributed by atoms with Crippen molar-refractivity contribution in [1.82, 2.24) is 20.4 Å². The average molecular weight is 527 g/mol. The molecule has 1 aromatic carbocycles. The van der Waals surface area contributed by atoms with Gasteiger partial charge < -0.3 is 20.3 Å². The number of fused-ring (bicyclic) bond motifs is 1. The molecular weight excluding hydrogens is 488 g/mol. The van der Waals surface area contributed by atoms with Crippen LogP contribution in [0, 0.1) is 5.92 Å². The molecule has 0 aromatic heterocycles. The molecule has 206 valence electrons. The molecule has 2 heterocycles. The van der Waals surface area contributed by atoms with Crippen molar-refractivity contribution in [3.8, 4) is 0 Å². The number of benzene rings is 1. The number of piperidine rings is 1. The first-order valence-electron chi connectivity index (χ1n) is 13.6. The molecule has 4 rings (SSSR count). The first kappa shape index (κ1) is 27.6. The summed E-state index contributed by atoms with van der Waals surface area (Å²) in [6.07, 6.45) is 5.66. The summed E-state index contributed by atoms with van der Waals surface area (Å²) in [5.74, 6) is -0.780. The molecule has 0 unspecified atom stereocenters. The fourth-order valence-electron chi connectivity index (χ4n) is 5.37. The lowest BCUT2D eigenvalue weighted by Crippen LogP contribution is -2.44. The number of carbonyl (C=O) groups is 5. The van der Waals surface area contributed by atoms with E-state index < -0.39 is 11.7 Å². The number of imide groups is 1. The van der Waals surface area contributed by atoms with Gasteiger partial charge in [-0.15, -0.1) is 0 Å². The Morgan fingerprint density at radius 1 is 0.921 bits per heavy atom. The number of rotatable bonds is 6. The summed E-state index contributed by atoms with van der Waals surface area (Å²) in [6.45, 7) is 6.62. The fraction of sp³-hybridized carbons (Fsp3) is 0.607. The highest BCUT2D eigenvalue weighted by molar-refractivity contribution is 6.22. The number of hydrogen-bond acceptors (Lipinski definition) is 6. The molecule has 10 nitrogen and oxygen atoms in total. The van der Waals surface area contributed by atoms with Crippen molar-refractivity contribution >= 4 is 29.7 Å². The van der Waals surface area contributed by atoms with E-state index in [4.69, 9.17) is 4.74 Å². The molecule has 38 heavy (non-hydrogen) atoms. The number of likely N-dealkylation sites (tertiary alicyclic amines) is 1. The van der Waals surface area contributed by atoms with Crippen LogP contribution in [0.2, 0.25) is 0 Å². The molecule has 2 fully saturated rings. The first-order chi connectivity index (χ1) is 18.0. The zero-order chi connectivity index (χ0) is 27.4. The number of nitrogens with zero attached hydrogens (tertiary/aromatic N) is 2. The minimum absolute atomic E-state index is 0.0529. The summed E-state index contributed by atoms with van der Waals surface area (Å²) in [6, 6.07) is 4.77. The summed E-state index contributed by atoms with van der Waals surface area (Å²) >= 11 is 0. The van der Waals surface area contributed by atoms with Crippen LogP contribution in [0.1, 0.15) is 96.8 Å². The zero-order valence-corrected chi connectivity index (χ0v) is 22.5. The largest absolute Gasteiger partial charge is 0.444 e. The molecule has 1 aliphatic carbocycles. The molecule has 0 atom stereocenters. The molecule has 0 radical (unpaired) electrons. The van der Waals surface area contributed by atoms with E-state index >= 15 is 0 Å². The lowest BCUT2D eigenvalue weighted by molar-refractivity contribution is -0.120. The summed E-state index contributed by atoms with van der Waals surface area (Å²) in [5, 5.41) is 5.27. The van der Waals surface area contributed by atoms with Crippen LogP contribution < -0.4 is 10.6 Å². The van der Waals surface area contributed by atoms with Crippen molar-refractivity contribution < 1.29 is 28.7 Å². The van der Waals surface area contributed by atoms with Gasteiger partial charge in [-0.1, -0.05) is 19.3 Å². The number of alkyl carbamates (subject to hydrolysis) is 1. The van der Waals surface area contributed by atoms with Gasteiger partial charge in [-0.25, -0.2) is 4.79 Å². The predicted molar refractivity (Wildman–Crippen MR) is 140 cm³/mol. The lowest BCUT2D eigenvalue weighted by atomic mass is 9.94. The second kappa shape index (κ2) is 11.5.